The molecule has 0 fully saturated rings. The average Bonchev–Trinajstić information content (AvgIpc) is 2.54. The van der Waals surface area contributed by atoms with Crippen LogP contribution < -0.4 is 16.4 Å². The molecule has 4 N–H and O–H groups in total. The van der Waals surface area contributed by atoms with Crippen LogP contribution in [0.3, 0.4) is 0 Å². The Hall–Kier alpha value is -2.97. The molecule has 2 rings (SSSR count). The molecule has 2 aromatic rings. The summed E-state index contributed by atoms with van der Waals surface area (Å²) in [6.07, 6.45) is -5.37. The van der Waals surface area contributed by atoms with Gasteiger partial charge in [0.15, 0.2) is 0 Å². The van der Waals surface area contributed by atoms with Crippen LogP contribution in [0.1, 0.15) is 18.1 Å². The van der Waals surface area contributed by atoms with Gasteiger partial charge < -0.3 is 15.8 Å². The van der Waals surface area contributed by atoms with Crippen molar-refractivity contribution >= 4 is 23.2 Å². The Kier molecular flexibility index (Phi) is 5.91. The number of nitrogen functional groups attached to an aromatic ring is 1. The van der Waals surface area contributed by atoms with Crippen molar-refractivity contribution in [3.05, 3.63) is 53.3 Å². The fourth-order valence-electron chi connectivity index (χ4n) is 2.17. The quantitative estimate of drug-likeness (QED) is 0.530. The van der Waals surface area contributed by atoms with Crippen LogP contribution >= 0.6 is 0 Å². The third-order valence-electron chi connectivity index (χ3n) is 3.40. The normalized spacial score (nSPS) is 11.1. The van der Waals surface area contributed by atoms with Gasteiger partial charge in [0.05, 0.1) is 23.5 Å². The Balaban J connectivity index is 2.03. The summed E-state index contributed by atoms with van der Waals surface area (Å²) in [7, 11) is 0. The number of alkyl halides is 3. The summed E-state index contributed by atoms with van der Waals surface area (Å²) in [6.45, 7) is 2.09. The van der Waals surface area contributed by atoms with E-state index in [1.807, 2.05) is 0 Å². The van der Waals surface area contributed by atoms with Crippen molar-refractivity contribution in [2.75, 3.05) is 23.0 Å². The topological polar surface area (TPSA) is 76.4 Å². The lowest BCUT2D eigenvalue weighted by Crippen LogP contribution is -2.14. The Morgan fingerprint density at radius 1 is 1.19 bits per heavy atom. The number of amides is 1. The summed E-state index contributed by atoms with van der Waals surface area (Å²) in [5.74, 6) is -1.35. The van der Waals surface area contributed by atoms with E-state index in [4.69, 9.17) is 10.5 Å². The molecule has 1 amide bonds. The molecule has 0 aliphatic rings. The van der Waals surface area contributed by atoms with E-state index in [0.717, 1.165) is 12.1 Å². The van der Waals surface area contributed by atoms with Crippen molar-refractivity contribution in [1.82, 2.24) is 0 Å². The highest BCUT2D eigenvalue weighted by molar-refractivity contribution is 5.89. The van der Waals surface area contributed by atoms with Gasteiger partial charge >= 0.3 is 12.3 Å². The predicted molar refractivity (Wildman–Crippen MR) is 90.2 cm³/mol. The lowest BCUT2D eigenvalue weighted by Gasteiger charge is -2.12. The summed E-state index contributed by atoms with van der Waals surface area (Å²) in [5, 5.41) is 5.29. The van der Waals surface area contributed by atoms with Crippen LogP contribution in [-0.2, 0) is 17.5 Å². The maximum absolute atomic E-state index is 13.5. The predicted octanol–water partition coefficient (Wildman–Crippen LogP) is 4.61. The largest absolute Gasteiger partial charge is 0.450 e. The summed E-state index contributed by atoms with van der Waals surface area (Å²) in [4.78, 5) is 11.4. The fourth-order valence-corrected chi connectivity index (χ4v) is 2.17. The molecule has 0 heterocycles. The molecule has 0 aliphatic heterocycles. The third kappa shape index (κ3) is 5.01. The Morgan fingerprint density at radius 2 is 1.92 bits per heavy atom. The van der Waals surface area contributed by atoms with Crippen LogP contribution in [-0.4, -0.2) is 12.7 Å². The van der Waals surface area contributed by atoms with Crippen molar-refractivity contribution in [1.29, 1.82) is 0 Å². The molecule has 0 aromatic heterocycles. The van der Waals surface area contributed by atoms with Crippen molar-refractivity contribution in [3.8, 4) is 0 Å². The molecule has 26 heavy (non-hydrogen) atoms. The number of carbonyl (C=O) groups excluding carboxylic acids is 1. The van der Waals surface area contributed by atoms with Gasteiger partial charge in [-0.25, -0.2) is 9.18 Å². The van der Waals surface area contributed by atoms with Crippen molar-refractivity contribution in [2.24, 2.45) is 0 Å². The van der Waals surface area contributed by atoms with Gasteiger partial charge in [0, 0.05) is 12.2 Å². The number of anilines is 3. The second-order valence-electron chi connectivity index (χ2n) is 5.31. The molecule has 0 saturated carbocycles. The monoisotopic (exact) mass is 371 g/mol. The highest BCUT2D eigenvalue weighted by Gasteiger charge is 2.33. The lowest BCUT2D eigenvalue weighted by atomic mass is 10.1. The number of halogens is 4. The molecular formula is C17H17F4N3O2. The Morgan fingerprint density at radius 3 is 2.50 bits per heavy atom. The number of carbonyl (C=O) groups is 1. The van der Waals surface area contributed by atoms with Gasteiger partial charge in [-0.2, -0.15) is 13.2 Å². The summed E-state index contributed by atoms with van der Waals surface area (Å²) in [5.41, 5.74) is 6.07. The second kappa shape index (κ2) is 7.94. The molecule has 0 spiro atoms. The highest BCUT2D eigenvalue weighted by Crippen LogP contribution is 2.32. The van der Waals surface area contributed by atoms with Gasteiger partial charge in [-0.15, -0.1) is 0 Å². The van der Waals surface area contributed by atoms with Gasteiger partial charge in [0.2, 0.25) is 0 Å². The fraction of sp³-hybridized carbons (Fsp3) is 0.235. The number of ether oxygens (including phenoxy) is 1. The zero-order valence-corrected chi connectivity index (χ0v) is 13.8. The molecular weight excluding hydrogens is 354 g/mol. The van der Waals surface area contributed by atoms with Crippen molar-refractivity contribution in [2.45, 2.75) is 19.6 Å². The van der Waals surface area contributed by atoms with E-state index in [-0.39, 0.29) is 24.5 Å². The molecule has 0 unspecified atom stereocenters. The van der Waals surface area contributed by atoms with E-state index >= 15 is 0 Å². The molecule has 0 radical (unpaired) electrons. The zero-order chi connectivity index (χ0) is 19.3. The highest BCUT2D eigenvalue weighted by atomic mass is 19.4. The van der Waals surface area contributed by atoms with Gasteiger partial charge in [0.1, 0.15) is 5.82 Å². The molecule has 0 bridgehead atoms. The molecule has 0 atom stereocenters. The van der Waals surface area contributed by atoms with E-state index in [0.29, 0.717) is 17.3 Å². The van der Waals surface area contributed by atoms with Crippen LogP contribution in [0.4, 0.5) is 39.4 Å². The first-order chi connectivity index (χ1) is 12.2. The van der Waals surface area contributed by atoms with Gasteiger partial charge in [0.25, 0.3) is 0 Å². The molecule has 2 aromatic carbocycles. The minimum Gasteiger partial charge on any atom is -0.450 e. The molecule has 0 aliphatic carbocycles. The van der Waals surface area contributed by atoms with Crippen molar-refractivity contribution in [3.63, 3.8) is 0 Å². The Bertz CT molecular complexity index is 794. The maximum atomic E-state index is 13.5. The smallest absolute Gasteiger partial charge is 0.419 e. The summed E-state index contributed by atoms with van der Waals surface area (Å²) in [6, 6.07) is 7.41. The SMILES string of the molecule is CCOC(=O)Nc1ccc(CNc2ccc(C(F)(F)F)c(F)c2)cc1N. The van der Waals surface area contributed by atoms with Crippen molar-refractivity contribution < 1.29 is 27.1 Å². The molecule has 140 valence electrons. The van der Waals surface area contributed by atoms with Crippen LogP contribution in [0, 0.1) is 5.82 Å². The van der Waals surface area contributed by atoms with Crippen LogP contribution in [0.25, 0.3) is 0 Å². The molecule has 5 nitrogen and oxygen atoms in total. The number of hydrogen-bond donors (Lipinski definition) is 3. The van der Waals surface area contributed by atoms with Crippen LogP contribution in [0.5, 0.6) is 0 Å². The average molecular weight is 371 g/mol. The lowest BCUT2D eigenvalue weighted by molar-refractivity contribution is -0.139. The molecule has 9 heteroatoms. The van der Waals surface area contributed by atoms with Crippen LogP contribution in [0.2, 0.25) is 0 Å². The molecule has 0 saturated heterocycles. The van der Waals surface area contributed by atoms with E-state index < -0.39 is 23.7 Å². The number of rotatable bonds is 5. The first kappa shape index (κ1) is 19.4. The Labute approximate surface area is 147 Å². The number of nitrogens with one attached hydrogen (secondary N) is 2. The third-order valence-corrected chi connectivity index (χ3v) is 3.40. The zero-order valence-electron chi connectivity index (χ0n) is 13.8. The first-order valence-corrected chi connectivity index (χ1v) is 7.63. The summed E-state index contributed by atoms with van der Waals surface area (Å²) >= 11 is 0. The maximum Gasteiger partial charge on any atom is 0.419 e. The van der Waals surface area contributed by atoms with Crippen LogP contribution in [0.15, 0.2) is 36.4 Å². The minimum absolute atomic E-state index is 0.197. The van der Waals surface area contributed by atoms with E-state index in [2.05, 4.69) is 10.6 Å². The van der Waals surface area contributed by atoms with Gasteiger partial charge in [-0.1, -0.05) is 6.07 Å². The van der Waals surface area contributed by atoms with Gasteiger partial charge in [-0.05, 0) is 42.8 Å². The number of hydrogen-bond acceptors (Lipinski definition) is 4. The number of nitrogens with two attached hydrogens (primary N) is 1. The first-order valence-electron chi connectivity index (χ1n) is 7.63. The van der Waals surface area contributed by atoms with E-state index in [1.165, 1.54) is 0 Å². The summed E-state index contributed by atoms with van der Waals surface area (Å²) < 4.78 is 55.9. The second-order valence-corrected chi connectivity index (χ2v) is 5.31. The minimum atomic E-state index is -4.74. The van der Waals surface area contributed by atoms with E-state index in [1.54, 1.807) is 25.1 Å². The van der Waals surface area contributed by atoms with Gasteiger partial charge in [-0.3, -0.25) is 5.32 Å². The standard InChI is InChI=1S/C17H17F4N3O2/c1-2-26-16(25)24-15-6-3-10(7-14(15)22)9-23-11-4-5-12(13(18)8-11)17(19,20)21/h3-8,23H,2,9,22H2,1H3,(H,24,25). The number of benzene rings is 2. The van der Waals surface area contributed by atoms with E-state index in [9.17, 15) is 22.4 Å².